The van der Waals surface area contributed by atoms with E-state index in [4.69, 9.17) is 21.4 Å². The number of fused-ring (bicyclic) bond motifs is 1. The predicted molar refractivity (Wildman–Crippen MR) is 49.3 cm³/mol. The second-order valence-corrected chi connectivity index (χ2v) is 2.81. The average Bonchev–Trinajstić information content (AvgIpc) is 2.61. The van der Waals surface area contributed by atoms with Gasteiger partial charge in [-0.1, -0.05) is 0 Å². The fourth-order valence-electron chi connectivity index (χ4n) is 1.03. The van der Waals surface area contributed by atoms with Crippen molar-refractivity contribution in [1.29, 1.82) is 0 Å². The first-order valence-electron chi connectivity index (χ1n) is 3.91. The van der Waals surface area contributed by atoms with Crippen molar-refractivity contribution in [2.45, 2.75) is 0 Å². The van der Waals surface area contributed by atoms with E-state index in [0.29, 0.717) is 17.0 Å². The van der Waals surface area contributed by atoms with Gasteiger partial charge in [0.25, 0.3) is 0 Å². The molecule has 74 valence electrons. The third-order valence-corrected chi connectivity index (χ3v) is 1.72. The van der Waals surface area contributed by atoms with E-state index in [1.165, 1.54) is 6.33 Å². The number of aliphatic hydroxyl groups excluding tert-OH is 1. The first-order valence-corrected chi connectivity index (χ1v) is 4.29. The number of aromatic nitrogens is 4. The molecule has 2 heterocycles. The molecule has 0 saturated carbocycles. The smallest absolute Gasteiger partial charge is 0.244 e. The standard InChI is InChI=1S/C7H7ClN4O2/c8-7-11-5-4(9-3-10-5)6(12-7)14-2-1-13/h3,13H,1-2H2,(H,9,10,11,12). The minimum Gasteiger partial charge on any atom is -0.474 e. The quantitative estimate of drug-likeness (QED) is 0.722. The van der Waals surface area contributed by atoms with Gasteiger partial charge in [-0.3, -0.25) is 0 Å². The molecule has 0 saturated heterocycles. The van der Waals surface area contributed by atoms with Crippen LogP contribution >= 0.6 is 11.6 Å². The van der Waals surface area contributed by atoms with Crippen molar-refractivity contribution < 1.29 is 9.84 Å². The molecule has 0 unspecified atom stereocenters. The molecule has 0 aliphatic carbocycles. The fraction of sp³-hybridized carbons (Fsp3) is 0.286. The Morgan fingerprint density at radius 2 is 2.36 bits per heavy atom. The van der Waals surface area contributed by atoms with Crippen molar-refractivity contribution in [3.8, 4) is 5.88 Å². The van der Waals surface area contributed by atoms with E-state index in [1.54, 1.807) is 0 Å². The Morgan fingerprint density at radius 1 is 1.50 bits per heavy atom. The highest BCUT2D eigenvalue weighted by molar-refractivity contribution is 6.28. The van der Waals surface area contributed by atoms with Crippen molar-refractivity contribution >= 4 is 22.8 Å². The van der Waals surface area contributed by atoms with Crippen molar-refractivity contribution in [1.82, 2.24) is 19.9 Å². The number of H-pyrrole nitrogens is 1. The zero-order valence-corrected chi connectivity index (χ0v) is 7.82. The molecule has 14 heavy (non-hydrogen) atoms. The maximum Gasteiger partial charge on any atom is 0.244 e. The predicted octanol–water partition coefficient (Wildman–Crippen LogP) is 0.377. The zero-order chi connectivity index (χ0) is 9.97. The van der Waals surface area contributed by atoms with Crippen molar-refractivity contribution in [2.75, 3.05) is 13.2 Å². The second-order valence-electron chi connectivity index (χ2n) is 2.47. The van der Waals surface area contributed by atoms with Gasteiger partial charge < -0.3 is 14.8 Å². The van der Waals surface area contributed by atoms with Gasteiger partial charge in [0.15, 0.2) is 5.65 Å². The third kappa shape index (κ3) is 1.61. The van der Waals surface area contributed by atoms with Crippen molar-refractivity contribution in [3.63, 3.8) is 0 Å². The summed E-state index contributed by atoms with van der Waals surface area (Å²) in [6.07, 6.45) is 1.47. The summed E-state index contributed by atoms with van der Waals surface area (Å²) in [5.41, 5.74) is 1.01. The van der Waals surface area contributed by atoms with E-state index in [1.807, 2.05) is 0 Å². The van der Waals surface area contributed by atoms with Gasteiger partial charge >= 0.3 is 0 Å². The third-order valence-electron chi connectivity index (χ3n) is 1.56. The minimum absolute atomic E-state index is 0.0672. The molecule has 0 fully saturated rings. The highest BCUT2D eigenvalue weighted by Gasteiger charge is 2.09. The van der Waals surface area contributed by atoms with Gasteiger partial charge in [-0.25, -0.2) is 4.98 Å². The topological polar surface area (TPSA) is 83.9 Å². The Kier molecular flexibility index (Phi) is 2.47. The number of imidazole rings is 1. The number of halogens is 1. The maximum absolute atomic E-state index is 8.59. The van der Waals surface area contributed by atoms with E-state index < -0.39 is 0 Å². The summed E-state index contributed by atoms with van der Waals surface area (Å²) in [5, 5.41) is 8.66. The molecule has 2 rings (SSSR count). The molecule has 0 atom stereocenters. The lowest BCUT2D eigenvalue weighted by Crippen LogP contribution is -2.04. The molecular formula is C7H7ClN4O2. The first kappa shape index (κ1) is 9.17. The lowest BCUT2D eigenvalue weighted by atomic mass is 10.5. The maximum atomic E-state index is 8.59. The summed E-state index contributed by atoms with van der Waals surface area (Å²) in [6, 6.07) is 0. The van der Waals surface area contributed by atoms with Crippen LogP contribution in [0.1, 0.15) is 0 Å². The van der Waals surface area contributed by atoms with Crippen LogP contribution in [0.2, 0.25) is 5.28 Å². The molecule has 0 aliphatic heterocycles. The van der Waals surface area contributed by atoms with Gasteiger partial charge in [-0.05, 0) is 11.6 Å². The van der Waals surface area contributed by atoms with E-state index in [2.05, 4.69) is 19.9 Å². The number of nitrogens with one attached hydrogen (secondary N) is 1. The Morgan fingerprint density at radius 3 is 3.14 bits per heavy atom. The Bertz CT molecular complexity index is 444. The number of aromatic amines is 1. The van der Waals surface area contributed by atoms with Gasteiger partial charge in [0.2, 0.25) is 11.2 Å². The number of hydrogen-bond acceptors (Lipinski definition) is 5. The van der Waals surface area contributed by atoms with Crippen molar-refractivity contribution in [2.24, 2.45) is 0 Å². The van der Waals surface area contributed by atoms with Crippen LogP contribution in [0, 0.1) is 0 Å². The summed E-state index contributed by atoms with van der Waals surface area (Å²) in [6.45, 7) is 0.0682. The molecule has 0 aromatic carbocycles. The van der Waals surface area contributed by atoms with Gasteiger partial charge in [0.05, 0.1) is 12.9 Å². The van der Waals surface area contributed by atoms with Crippen LogP contribution in [0.5, 0.6) is 5.88 Å². The molecule has 0 bridgehead atoms. The lowest BCUT2D eigenvalue weighted by Gasteiger charge is -2.03. The van der Waals surface area contributed by atoms with Crippen LogP contribution in [-0.2, 0) is 0 Å². The minimum atomic E-state index is -0.0861. The first-order chi connectivity index (χ1) is 6.81. The summed E-state index contributed by atoms with van der Waals surface area (Å²) >= 11 is 5.64. The van der Waals surface area contributed by atoms with Crippen LogP contribution in [-0.4, -0.2) is 38.3 Å². The van der Waals surface area contributed by atoms with Crippen LogP contribution < -0.4 is 4.74 Å². The molecule has 6 nitrogen and oxygen atoms in total. The second kappa shape index (κ2) is 3.77. The molecule has 0 aliphatic rings. The molecule has 7 heteroatoms. The number of ether oxygens (including phenoxy) is 1. The van der Waals surface area contributed by atoms with Crippen LogP contribution in [0.25, 0.3) is 11.2 Å². The largest absolute Gasteiger partial charge is 0.474 e. The fourth-order valence-corrected chi connectivity index (χ4v) is 1.18. The van der Waals surface area contributed by atoms with Crippen LogP contribution in [0.3, 0.4) is 0 Å². The van der Waals surface area contributed by atoms with Gasteiger partial charge in [-0.2, -0.15) is 9.97 Å². The zero-order valence-electron chi connectivity index (χ0n) is 7.07. The molecule has 2 aromatic rings. The van der Waals surface area contributed by atoms with E-state index in [9.17, 15) is 0 Å². The van der Waals surface area contributed by atoms with Gasteiger partial charge in [0, 0.05) is 0 Å². The molecule has 2 N–H and O–H groups in total. The van der Waals surface area contributed by atoms with Crippen molar-refractivity contribution in [3.05, 3.63) is 11.6 Å². The molecular weight excluding hydrogens is 208 g/mol. The SMILES string of the molecule is OCCOc1nc(Cl)nc2nc[nH]c12. The number of rotatable bonds is 3. The van der Waals surface area contributed by atoms with Crippen LogP contribution in [0.4, 0.5) is 0 Å². The lowest BCUT2D eigenvalue weighted by molar-refractivity contribution is 0.198. The summed E-state index contributed by atoms with van der Waals surface area (Å²) in [4.78, 5) is 14.5. The summed E-state index contributed by atoms with van der Waals surface area (Å²) in [5.74, 6) is 0.298. The van der Waals surface area contributed by atoms with E-state index >= 15 is 0 Å². The van der Waals surface area contributed by atoms with E-state index in [-0.39, 0.29) is 18.5 Å². The van der Waals surface area contributed by atoms with Gasteiger partial charge in [0.1, 0.15) is 12.1 Å². The highest BCUT2D eigenvalue weighted by atomic mass is 35.5. The molecule has 0 radical (unpaired) electrons. The molecule has 0 spiro atoms. The number of nitrogens with zero attached hydrogens (tertiary/aromatic N) is 3. The Balaban J connectivity index is 2.44. The number of aliphatic hydroxyl groups is 1. The van der Waals surface area contributed by atoms with E-state index in [0.717, 1.165) is 0 Å². The summed E-state index contributed by atoms with van der Waals surface area (Å²) in [7, 11) is 0. The van der Waals surface area contributed by atoms with Crippen LogP contribution in [0.15, 0.2) is 6.33 Å². The Hall–Kier alpha value is -1.40. The van der Waals surface area contributed by atoms with Gasteiger partial charge in [-0.15, -0.1) is 0 Å². The Labute approximate surface area is 83.9 Å². The molecule has 2 aromatic heterocycles. The average molecular weight is 215 g/mol. The number of hydrogen-bond donors (Lipinski definition) is 2. The highest BCUT2D eigenvalue weighted by Crippen LogP contribution is 2.20. The molecule has 0 amide bonds. The summed E-state index contributed by atoms with van der Waals surface area (Å²) < 4.78 is 5.15. The monoisotopic (exact) mass is 214 g/mol. The normalized spacial score (nSPS) is 10.7.